The predicted octanol–water partition coefficient (Wildman–Crippen LogP) is -0.203. The third-order valence-electron chi connectivity index (χ3n) is 2.73. The second kappa shape index (κ2) is 5.17. The molecule has 1 aliphatic rings. The zero-order valence-corrected chi connectivity index (χ0v) is 8.69. The molecular formula is C9H18N2O3. The number of likely N-dealkylation sites (tertiary alicyclic amines) is 1. The van der Waals surface area contributed by atoms with Crippen molar-refractivity contribution in [1.82, 2.24) is 10.2 Å². The Morgan fingerprint density at radius 2 is 2.43 bits per heavy atom. The molecule has 0 aliphatic carbocycles. The number of hydrogen-bond acceptors (Lipinski definition) is 4. The van der Waals surface area contributed by atoms with Gasteiger partial charge in [0.1, 0.15) is 0 Å². The molecule has 0 aromatic carbocycles. The van der Waals surface area contributed by atoms with Gasteiger partial charge in [-0.2, -0.15) is 0 Å². The Balaban J connectivity index is 2.38. The van der Waals surface area contributed by atoms with Gasteiger partial charge in [-0.25, -0.2) is 4.79 Å². The van der Waals surface area contributed by atoms with E-state index < -0.39 is 6.09 Å². The fourth-order valence-corrected chi connectivity index (χ4v) is 1.74. The second-order valence-electron chi connectivity index (χ2n) is 3.67. The summed E-state index contributed by atoms with van der Waals surface area (Å²) in [4.78, 5) is 13.1. The Hall–Kier alpha value is -0.810. The SMILES string of the molecule is COC(=O)NC1CCN(C)C(CO)C1. The van der Waals surface area contributed by atoms with Crippen molar-refractivity contribution in [2.24, 2.45) is 0 Å². The molecule has 82 valence electrons. The van der Waals surface area contributed by atoms with Crippen LogP contribution in [0.15, 0.2) is 0 Å². The molecule has 2 atom stereocenters. The number of amides is 1. The van der Waals surface area contributed by atoms with Crippen LogP contribution < -0.4 is 5.32 Å². The summed E-state index contributed by atoms with van der Waals surface area (Å²) in [5.41, 5.74) is 0. The van der Waals surface area contributed by atoms with Crippen LogP contribution in [0.1, 0.15) is 12.8 Å². The van der Waals surface area contributed by atoms with Crippen LogP contribution in [0.5, 0.6) is 0 Å². The van der Waals surface area contributed by atoms with E-state index >= 15 is 0 Å². The van der Waals surface area contributed by atoms with E-state index in [0.717, 1.165) is 19.4 Å². The molecule has 0 aromatic rings. The summed E-state index contributed by atoms with van der Waals surface area (Å²) >= 11 is 0. The van der Waals surface area contributed by atoms with Crippen LogP contribution in [0, 0.1) is 0 Å². The van der Waals surface area contributed by atoms with Gasteiger partial charge in [-0.15, -0.1) is 0 Å². The number of aliphatic hydroxyl groups excluding tert-OH is 1. The van der Waals surface area contributed by atoms with Crippen molar-refractivity contribution in [1.29, 1.82) is 0 Å². The number of likely N-dealkylation sites (N-methyl/N-ethyl adjacent to an activating group) is 1. The average molecular weight is 202 g/mol. The second-order valence-corrected chi connectivity index (χ2v) is 3.67. The molecule has 1 rings (SSSR count). The Labute approximate surface area is 84.0 Å². The minimum atomic E-state index is -0.392. The van der Waals surface area contributed by atoms with Crippen LogP contribution in [-0.2, 0) is 4.74 Å². The maximum atomic E-state index is 10.9. The van der Waals surface area contributed by atoms with Crippen molar-refractivity contribution in [3.05, 3.63) is 0 Å². The number of rotatable bonds is 2. The highest BCUT2D eigenvalue weighted by Crippen LogP contribution is 2.15. The van der Waals surface area contributed by atoms with Gasteiger partial charge in [0, 0.05) is 18.6 Å². The molecule has 0 radical (unpaired) electrons. The summed E-state index contributed by atoms with van der Waals surface area (Å²) in [5.74, 6) is 0. The van der Waals surface area contributed by atoms with Gasteiger partial charge in [-0.05, 0) is 19.9 Å². The summed E-state index contributed by atoms with van der Waals surface area (Å²) in [5, 5.41) is 11.8. The minimum Gasteiger partial charge on any atom is -0.453 e. The summed E-state index contributed by atoms with van der Waals surface area (Å²) in [7, 11) is 3.34. The molecular weight excluding hydrogens is 184 g/mol. The van der Waals surface area contributed by atoms with Crippen LogP contribution in [0.4, 0.5) is 4.79 Å². The molecule has 0 bridgehead atoms. The molecule has 1 saturated heterocycles. The Morgan fingerprint density at radius 3 is 3.00 bits per heavy atom. The maximum absolute atomic E-state index is 10.9. The van der Waals surface area contributed by atoms with Gasteiger partial charge in [0.15, 0.2) is 0 Å². The van der Waals surface area contributed by atoms with Crippen LogP contribution in [0.25, 0.3) is 0 Å². The van der Waals surface area contributed by atoms with E-state index in [1.165, 1.54) is 7.11 Å². The van der Waals surface area contributed by atoms with Crippen LogP contribution >= 0.6 is 0 Å². The average Bonchev–Trinajstić information content (AvgIpc) is 2.20. The van der Waals surface area contributed by atoms with E-state index in [1.807, 2.05) is 7.05 Å². The van der Waals surface area contributed by atoms with Gasteiger partial charge in [0.2, 0.25) is 0 Å². The lowest BCUT2D eigenvalue weighted by Gasteiger charge is -2.36. The maximum Gasteiger partial charge on any atom is 0.407 e. The predicted molar refractivity (Wildman–Crippen MR) is 52.1 cm³/mol. The zero-order valence-electron chi connectivity index (χ0n) is 8.69. The normalized spacial score (nSPS) is 28.5. The molecule has 5 nitrogen and oxygen atoms in total. The van der Waals surface area contributed by atoms with Gasteiger partial charge >= 0.3 is 6.09 Å². The zero-order chi connectivity index (χ0) is 10.6. The lowest BCUT2D eigenvalue weighted by Crippen LogP contribution is -2.49. The lowest BCUT2D eigenvalue weighted by molar-refractivity contribution is 0.0928. The molecule has 1 aliphatic heterocycles. The molecule has 2 unspecified atom stereocenters. The number of alkyl carbamates (subject to hydrolysis) is 1. The van der Waals surface area contributed by atoms with E-state index in [1.54, 1.807) is 0 Å². The summed E-state index contributed by atoms with van der Waals surface area (Å²) in [6.45, 7) is 1.02. The number of nitrogens with zero attached hydrogens (tertiary/aromatic N) is 1. The molecule has 14 heavy (non-hydrogen) atoms. The van der Waals surface area contributed by atoms with Gasteiger partial charge in [-0.1, -0.05) is 0 Å². The fraction of sp³-hybridized carbons (Fsp3) is 0.889. The minimum absolute atomic E-state index is 0.121. The molecule has 2 N–H and O–H groups in total. The lowest BCUT2D eigenvalue weighted by atomic mass is 9.98. The largest absolute Gasteiger partial charge is 0.453 e. The highest BCUT2D eigenvalue weighted by atomic mass is 16.5. The quantitative estimate of drug-likeness (QED) is 0.651. The fourth-order valence-electron chi connectivity index (χ4n) is 1.74. The molecule has 0 saturated carbocycles. The summed E-state index contributed by atoms with van der Waals surface area (Å²) in [6, 6.07) is 0.265. The van der Waals surface area contributed by atoms with Crippen molar-refractivity contribution >= 4 is 6.09 Å². The van der Waals surface area contributed by atoms with Crippen molar-refractivity contribution in [3.8, 4) is 0 Å². The van der Waals surface area contributed by atoms with E-state index in [-0.39, 0.29) is 18.7 Å². The number of nitrogens with one attached hydrogen (secondary N) is 1. The van der Waals surface area contributed by atoms with Crippen molar-refractivity contribution in [2.45, 2.75) is 24.9 Å². The van der Waals surface area contributed by atoms with Gasteiger partial charge in [-0.3, -0.25) is 0 Å². The molecule has 1 fully saturated rings. The molecule has 1 heterocycles. The monoisotopic (exact) mass is 202 g/mol. The number of methoxy groups -OCH3 is 1. The van der Waals surface area contributed by atoms with Crippen molar-refractivity contribution in [3.63, 3.8) is 0 Å². The number of hydrogen-bond donors (Lipinski definition) is 2. The standard InChI is InChI=1S/C9H18N2O3/c1-11-4-3-7(5-8(11)6-12)10-9(13)14-2/h7-8,12H,3-6H2,1-2H3,(H,10,13). The number of carbonyl (C=O) groups excluding carboxylic acids is 1. The van der Waals surface area contributed by atoms with E-state index in [4.69, 9.17) is 5.11 Å². The first kappa shape index (κ1) is 11.3. The van der Waals surface area contributed by atoms with E-state index in [9.17, 15) is 4.79 Å². The third-order valence-corrected chi connectivity index (χ3v) is 2.73. The van der Waals surface area contributed by atoms with Gasteiger partial charge in [0.25, 0.3) is 0 Å². The Bertz CT molecular complexity index is 198. The van der Waals surface area contributed by atoms with Gasteiger partial charge in [0.05, 0.1) is 13.7 Å². The number of carbonyl (C=O) groups is 1. The Kier molecular flexibility index (Phi) is 4.16. The molecule has 1 amide bonds. The first-order valence-electron chi connectivity index (χ1n) is 4.83. The van der Waals surface area contributed by atoms with Crippen LogP contribution in [-0.4, -0.2) is 55.5 Å². The molecule has 0 spiro atoms. The topological polar surface area (TPSA) is 61.8 Å². The highest BCUT2D eigenvalue weighted by molar-refractivity contribution is 5.67. The summed E-state index contributed by atoms with van der Waals surface area (Å²) in [6.07, 6.45) is 1.29. The van der Waals surface area contributed by atoms with Crippen molar-refractivity contribution < 1.29 is 14.6 Å². The highest BCUT2D eigenvalue weighted by Gasteiger charge is 2.26. The first-order chi connectivity index (χ1) is 6.67. The number of ether oxygens (including phenoxy) is 1. The first-order valence-corrected chi connectivity index (χ1v) is 4.83. The van der Waals surface area contributed by atoms with Crippen LogP contribution in [0.3, 0.4) is 0 Å². The van der Waals surface area contributed by atoms with Crippen molar-refractivity contribution in [2.75, 3.05) is 27.3 Å². The Morgan fingerprint density at radius 1 is 1.71 bits per heavy atom. The van der Waals surface area contributed by atoms with E-state index in [2.05, 4.69) is 15.0 Å². The smallest absolute Gasteiger partial charge is 0.407 e. The van der Waals surface area contributed by atoms with E-state index in [0.29, 0.717) is 0 Å². The molecule has 5 heteroatoms. The number of piperidine rings is 1. The number of aliphatic hydroxyl groups is 1. The van der Waals surface area contributed by atoms with Gasteiger partial charge < -0.3 is 20.1 Å². The van der Waals surface area contributed by atoms with Crippen LogP contribution in [0.2, 0.25) is 0 Å². The summed E-state index contributed by atoms with van der Waals surface area (Å²) < 4.78 is 4.52. The third kappa shape index (κ3) is 2.85. The molecule has 0 aromatic heterocycles.